The maximum absolute atomic E-state index is 11.6. The van der Waals surface area contributed by atoms with Crippen molar-refractivity contribution in [3.63, 3.8) is 0 Å². The summed E-state index contributed by atoms with van der Waals surface area (Å²) in [7, 11) is 1.52. The topological polar surface area (TPSA) is 71.0 Å². The quantitative estimate of drug-likeness (QED) is 0.500. The Balaban J connectivity index is 2.69. The van der Waals surface area contributed by atoms with Gasteiger partial charge in [-0.05, 0) is 12.1 Å². The molecule has 0 spiro atoms. The molecule has 92 valence electrons. The minimum Gasteiger partial charge on any atom is -0.497 e. The SMILES string of the molecule is COc1cccc(NC(=O)N(CCCl)N=O)c1. The van der Waals surface area contributed by atoms with Crippen LogP contribution >= 0.6 is 11.6 Å². The number of rotatable bonds is 5. The van der Waals surface area contributed by atoms with Gasteiger partial charge in [0.25, 0.3) is 0 Å². The van der Waals surface area contributed by atoms with Crippen molar-refractivity contribution in [1.82, 2.24) is 5.01 Å². The van der Waals surface area contributed by atoms with E-state index in [2.05, 4.69) is 10.6 Å². The Morgan fingerprint density at radius 3 is 2.94 bits per heavy atom. The predicted molar refractivity (Wildman–Crippen MR) is 65.2 cm³/mol. The molecule has 17 heavy (non-hydrogen) atoms. The Bertz CT molecular complexity index is 400. The van der Waals surface area contributed by atoms with Gasteiger partial charge in [0.1, 0.15) is 5.75 Å². The minimum atomic E-state index is -0.631. The van der Waals surface area contributed by atoms with Crippen LogP contribution in [0.3, 0.4) is 0 Å². The highest BCUT2D eigenvalue weighted by Crippen LogP contribution is 2.17. The van der Waals surface area contributed by atoms with Crippen LogP contribution in [-0.2, 0) is 0 Å². The van der Waals surface area contributed by atoms with Crippen LogP contribution in [0.4, 0.5) is 10.5 Å². The summed E-state index contributed by atoms with van der Waals surface area (Å²) >= 11 is 5.43. The van der Waals surface area contributed by atoms with Gasteiger partial charge in [-0.15, -0.1) is 16.5 Å². The number of hydrogen-bond acceptors (Lipinski definition) is 4. The zero-order chi connectivity index (χ0) is 12.7. The number of nitrogens with zero attached hydrogens (tertiary/aromatic N) is 2. The fraction of sp³-hybridized carbons (Fsp3) is 0.300. The highest BCUT2D eigenvalue weighted by molar-refractivity contribution is 6.18. The average Bonchev–Trinajstić information content (AvgIpc) is 2.36. The number of anilines is 1. The molecule has 0 unspecified atom stereocenters. The largest absolute Gasteiger partial charge is 0.497 e. The first-order chi connectivity index (χ1) is 8.21. The summed E-state index contributed by atoms with van der Waals surface area (Å²) in [5.41, 5.74) is 0.512. The first-order valence-corrected chi connectivity index (χ1v) is 5.36. The molecule has 1 rings (SSSR count). The average molecular weight is 258 g/mol. The summed E-state index contributed by atoms with van der Waals surface area (Å²) in [6, 6.07) is 6.12. The number of nitrogens with one attached hydrogen (secondary N) is 1. The highest BCUT2D eigenvalue weighted by atomic mass is 35.5. The van der Waals surface area contributed by atoms with E-state index in [9.17, 15) is 9.70 Å². The molecule has 1 aromatic rings. The third kappa shape index (κ3) is 3.92. The van der Waals surface area contributed by atoms with Gasteiger partial charge < -0.3 is 10.1 Å². The number of ether oxygens (including phenoxy) is 1. The number of alkyl halides is 1. The summed E-state index contributed by atoms with van der Waals surface area (Å²) in [5.74, 6) is 0.739. The van der Waals surface area contributed by atoms with E-state index in [4.69, 9.17) is 16.3 Å². The number of nitroso groups, excluding NO2 is 1. The molecule has 0 fully saturated rings. The van der Waals surface area contributed by atoms with Crippen LogP contribution in [0, 0.1) is 4.91 Å². The van der Waals surface area contributed by atoms with Crippen molar-refractivity contribution in [3.05, 3.63) is 29.2 Å². The van der Waals surface area contributed by atoms with Gasteiger partial charge in [0, 0.05) is 17.6 Å². The predicted octanol–water partition coefficient (Wildman–Crippen LogP) is 2.45. The van der Waals surface area contributed by atoms with Crippen LogP contribution in [-0.4, -0.2) is 30.6 Å². The summed E-state index contributed by atoms with van der Waals surface area (Å²) in [5, 5.41) is 5.79. The molecule has 6 nitrogen and oxygen atoms in total. The third-order valence-corrected chi connectivity index (χ3v) is 2.12. The molecule has 1 aromatic carbocycles. The van der Waals surface area contributed by atoms with Crippen LogP contribution in [0.1, 0.15) is 0 Å². The van der Waals surface area contributed by atoms with Crippen LogP contribution in [0.5, 0.6) is 5.75 Å². The van der Waals surface area contributed by atoms with Gasteiger partial charge in [0.15, 0.2) is 0 Å². The Labute approximate surface area is 103 Å². The lowest BCUT2D eigenvalue weighted by atomic mass is 10.3. The molecule has 0 aliphatic carbocycles. The molecule has 2 amide bonds. The maximum Gasteiger partial charge on any atom is 0.344 e. The lowest BCUT2D eigenvalue weighted by Gasteiger charge is -2.13. The molecule has 0 aromatic heterocycles. The van der Waals surface area contributed by atoms with E-state index < -0.39 is 6.03 Å². The number of benzene rings is 1. The molecule has 0 saturated heterocycles. The van der Waals surface area contributed by atoms with Gasteiger partial charge in [-0.25, -0.2) is 4.79 Å². The number of urea groups is 1. The molecule has 1 N–H and O–H groups in total. The third-order valence-electron chi connectivity index (χ3n) is 1.95. The van der Waals surface area contributed by atoms with E-state index in [0.29, 0.717) is 16.4 Å². The number of amides is 2. The Morgan fingerprint density at radius 2 is 2.35 bits per heavy atom. The normalized spacial score (nSPS) is 9.53. The van der Waals surface area contributed by atoms with Gasteiger partial charge in [-0.3, -0.25) is 0 Å². The van der Waals surface area contributed by atoms with Gasteiger partial charge >= 0.3 is 6.03 Å². The van der Waals surface area contributed by atoms with E-state index >= 15 is 0 Å². The monoisotopic (exact) mass is 257 g/mol. The number of carbonyl (C=O) groups is 1. The smallest absolute Gasteiger partial charge is 0.344 e. The number of hydrogen-bond donors (Lipinski definition) is 1. The number of methoxy groups -OCH3 is 1. The Kier molecular flexibility index (Phi) is 5.22. The fourth-order valence-corrected chi connectivity index (χ4v) is 1.31. The molecule has 0 heterocycles. The van der Waals surface area contributed by atoms with Crippen molar-refractivity contribution in [3.8, 4) is 5.75 Å². The molecular weight excluding hydrogens is 246 g/mol. The fourth-order valence-electron chi connectivity index (χ4n) is 1.15. The maximum atomic E-state index is 11.6. The van der Waals surface area contributed by atoms with Crippen molar-refractivity contribution in [1.29, 1.82) is 0 Å². The van der Waals surface area contributed by atoms with E-state index in [1.807, 2.05) is 0 Å². The van der Waals surface area contributed by atoms with Crippen molar-refractivity contribution >= 4 is 23.3 Å². The lowest BCUT2D eigenvalue weighted by Crippen LogP contribution is -2.31. The van der Waals surface area contributed by atoms with E-state index in [1.165, 1.54) is 7.11 Å². The second-order valence-corrected chi connectivity index (χ2v) is 3.43. The van der Waals surface area contributed by atoms with Crippen LogP contribution in [0.25, 0.3) is 0 Å². The summed E-state index contributed by atoms with van der Waals surface area (Å²) in [6.07, 6.45) is 0. The second-order valence-electron chi connectivity index (χ2n) is 3.06. The van der Waals surface area contributed by atoms with Crippen LogP contribution < -0.4 is 10.1 Å². The van der Waals surface area contributed by atoms with E-state index in [0.717, 1.165) is 0 Å². The van der Waals surface area contributed by atoms with Crippen LogP contribution in [0.2, 0.25) is 0 Å². The van der Waals surface area contributed by atoms with E-state index in [-0.39, 0.29) is 12.4 Å². The number of carbonyl (C=O) groups excluding carboxylic acids is 1. The Hall–Kier alpha value is -1.82. The first kappa shape index (κ1) is 13.2. The summed E-state index contributed by atoms with van der Waals surface area (Å²) in [4.78, 5) is 21.9. The molecule has 0 bridgehead atoms. The molecule has 7 heteroatoms. The zero-order valence-corrected chi connectivity index (χ0v) is 9.98. The van der Waals surface area contributed by atoms with E-state index in [1.54, 1.807) is 24.3 Å². The minimum absolute atomic E-state index is 0.0564. The second kappa shape index (κ2) is 6.70. The van der Waals surface area contributed by atoms with Gasteiger partial charge in [0.05, 0.1) is 18.9 Å². The molecule has 0 atom stereocenters. The zero-order valence-electron chi connectivity index (χ0n) is 9.22. The molecule has 0 saturated carbocycles. The van der Waals surface area contributed by atoms with Gasteiger partial charge in [0.2, 0.25) is 0 Å². The van der Waals surface area contributed by atoms with Crippen molar-refractivity contribution in [2.75, 3.05) is 24.9 Å². The van der Waals surface area contributed by atoms with Crippen molar-refractivity contribution in [2.45, 2.75) is 0 Å². The molecule has 0 aliphatic heterocycles. The first-order valence-electron chi connectivity index (χ1n) is 4.83. The van der Waals surface area contributed by atoms with Gasteiger partial charge in [-0.1, -0.05) is 6.07 Å². The van der Waals surface area contributed by atoms with Crippen molar-refractivity contribution in [2.24, 2.45) is 5.29 Å². The standard InChI is InChI=1S/C10H12ClN3O3/c1-17-9-4-2-3-8(7-9)12-10(15)14(13-16)6-5-11/h2-4,7H,5-6H2,1H3,(H,12,15). The number of halogens is 1. The summed E-state index contributed by atoms with van der Waals surface area (Å²) in [6.45, 7) is 0.0564. The Morgan fingerprint density at radius 1 is 1.59 bits per heavy atom. The van der Waals surface area contributed by atoms with Crippen LogP contribution in [0.15, 0.2) is 29.6 Å². The molecule has 0 radical (unpaired) electrons. The highest BCUT2D eigenvalue weighted by Gasteiger charge is 2.13. The molecular formula is C10H12ClN3O3. The van der Waals surface area contributed by atoms with Gasteiger partial charge in [-0.2, -0.15) is 5.01 Å². The van der Waals surface area contributed by atoms with Crippen molar-refractivity contribution < 1.29 is 9.53 Å². The molecule has 0 aliphatic rings. The lowest BCUT2D eigenvalue weighted by molar-refractivity contribution is 0.216. The summed E-state index contributed by atoms with van der Waals surface area (Å²) < 4.78 is 5.00.